The van der Waals surface area contributed by atoms with Gasteiger partial charge in [-0.3, -0.25) is 9.78 Å². The van der Waals surface area contributed by atoms with Crippen molar-refractivity contribution in [3.05, 3.63) is 52.8 Å². The molecule has 0 atom stereocenters. The van der Waals surface area contributed by atoms with E-state index in [1.54, 1.807) is 18.2 Å². The molecule has 2 aliphatic rings. The normalized spacial score (nSPS) is 15.4. The maximum Gasteiger partial charge on any atom is 0.254 e. The van der Waals surface area contributed by atoms with Crippen LogP contribution in [0.3, 0.4) is 0 Å². The van der Waals surface area contributed by atoms with Gasteiger partial charge >= 0.3 is 0 Å². The van der Waals surface area contributed by atoms with Crippen LogP contribution in [0.4, 0.5) is 0 Å². The Kier molecular flexibility index (Phi) is 4.05. The van der Waals surface area contributed by atoms with Crippen LogP contribution in [0.2, 0.25) is 0 Å². The Bertz CT molecular complexity index is 820. The molecule has 0 bridgehead atoms. The van der Waals surface area contributed by atoms with E-state index in [1.807, 2.05) is 17.3 Å². The minimum Gasteiger partial charge on any atom is -0.454 e. The molecule has 0 aliphatic carbocycles. The number of ether oxygens (including phenoxy) is 2. The van der Waals surface area contributed by atoms with Crippen LogP contribution >= 0.6 is 0 Å². The molecule has 0 unspecified atom stereocenters. The van der Waals surface area contributed by atoms with Gasteiger partial charge in [-0.25, -0.2) is 0 Å². The third-order valence-electron chi connectivity index (χ3n) is 4.62. The Hall–Kier alpha value is -2.60. The number of carbonyl (C=O) groups is 1. The van der Waals surface area contributed by atoms with E-state index < -0.39 is 0 Å². The summed E-state index contributed by atoms with van der Waals surface area (Å²) in [6.45, 7) is 2.39. The van der Waals surface area contributed by atoms with Crippen molar-refractivity contribution in [2.75, 3.05) is 27.4 Å². The molecule has 0 radical (unpaired) electrons. The van der Waals surface area contributed by atoms with E-state index in [-0.39, 0.29) is 12.7 Å². The predicted octanol–water partition coefficient (Wildman–Crippen LogP) is 2.07. The van der Waals surface area contributed by atoms with Crippen LogP contribution in [-0.2, 0) is 19.5 Å². The number of aromatic nitrogens is 1. The van der Waals surface area contributed by atoms with Crippen LogP contribution in [-0.4, -0.2) is 48.1 Å². The summed E-state index contributed by atoms with van der Waals surface area (Å²) >= 11 is 0. The van der Waals surface area contributed by atoms with E-state index in [0.29, 0.717) is 30.2 Å². The van der Waals surface area contributed by atoms with Crippen LogP contribution < -0.4 is 9.47 Å². The van der Waals surface area contributed by atoms with Gasteiger partial charge in [0.25, 0.3) is 5.91 Å². The number of rotatable bonds is 3. The van der Waals surface area contributed by atoms with Crippen LogP contribution in [0.1, 0.15) is 27.0 Å². The number of hydrogen-bond donors (Lipinski definition) is 0. The third-order valence-corrected chi connectivity index (χ3v) is 4.62. The van der Waals surface area contributed by atoms with Crippen molar-refractivity contribution in [2.45, 2.75) is 19.5 Å². The lowest BCUT2D eigenvalue weighted by Gasteiger charge is -2.30. The maximum atomic E-state index is 12.9. The molecule has 2 aromatic rings. The Morgan fingerprint density at radius 3 is 2.92 bits per heavy atom. The van der Waals surface area contributed by atoms with Crippen LogP contribution in [0.15, 0.2) is 30.6 Å². The monoisotopic (exact) mass is 339 g/mol. The first-order chi connectivity index (χ1) is 12.1. The van der Waals surface area contributed by atoms with Gasteiger partial charge in [0.15, 0.2) is 11.5 Å². The van der Waals surface area contributed by atoms with Gasteiger partial charge in [-0.15, -0.1) is 0 Å². The lowest BCUT2D eigenvalue weighted by atomic mass is 9.96. The predicted molar refractivity (Wildman–Crippen MR) is 92.6 cm³/mol. The maximum absolute atomic E-state index is 12.9. The summed E-state index contributed by atoms with van der Waals surface area (Å²) in [5.74, 6) is 1.35. The fourth-order valence-corrected chi connectivity index (χ4v) is 3.43. The molecule has 0 N–H and O–H groups in total. The smallest absolute Gasteiger partial charge is 0.254 e. The second kappa shape index (κ2) is 6.37. The minimum absolute atomic E-state index is 0.0157. The minimum atomic E-state index is 0.0157. The molecular weight excluding hydrogens is 318 g/mol. The molecule has 0 spiro atoms. The molecular formula is C19H21N3O3. The number of amides is 1. The van der Waals surface area contributed by atoms with Crippen molar-refractivity contribution in [1.82, 2.24) is 14.8 Å². The number of fused-ring (bicyclic) bond motifs is 2. The van der Waals surface area contributed by atoms with Gasteiger partial charge < -0.3 is 19.3 Å². The van der Waals surface area contributed by atoms with Crippen molar-refractivity contribution >= 4 is 5.91 Å². The lowest BCUT2D eigenvalue weighted by molar-refractivity contribution is 0.0733. The Morgan fingerprint density at radius 2 is 2.08 bits per heavy atom. The van der Waals surface area contributed by atoms with E-state index in [1.165, 1.54) is 11.1 Å². The van der Waals surface area contributed by atoms with Gasteiger partial charge in [-0.05, 0) is 55.4 Å². The zero-order chi connectivity index (χ0) is 17.4. The van der Waals surface area contributed by atoms with Gasteiger partial charge in [0.05, 0.1) is 0 Å². The first-order valence-electron chi connectivity index (χ1n) is 8.40. The molecule has 2 aliphatic heterocycles. The highest BCUT2D eigenvalue weighted by Crippen LogP contribution is 2.33. The van der Waals surface area contributed by atoms with Crippen molar-refractivity contribution in [3.8, 4) is 11.5 Å². The van der Waals surface area contributed by atoms with E-state index in [4.69, 9.17) is 9.47 Å². The van der Waals surface area contributed by atoms with Crippen molar-refractivity contribution in [3.63, 3.8) is 0 Å². The van der Waals surface area contributed by atoms with Crippen molar-refractivity contribution in [2.24, 2.45) is 0 Å². The van der Waals surface area contributed by atoms with E-state index >= 15 is 0 Å². The molecule has 1 aromatic heterocycles. The summed E-state index contributed by atoms with van der Waals surface area (Å²) in [5, 5.41) is 0. The largest absolute Gasteiger partial charge is 0.454 e. The van der Waals surface area contributed by atoms with Gasteiger partial charge in [0.1, 0.15) is 0 Å². The summed E-state index contributed by atoms with van der Waals surface area (Å²) in [5.41, 5.74) is 4.35. The fraction of sp³-hybridized carbons (Fsp3) is 0.368. The van der Waals surface area contributed by atoms with Gasteiger partial charge in [-0.1, -0.05) is 0 Å². The molecule has 130 valence electrons. The molecule has 3 heterocycles. The average molecular weight is 339 g/mol. The number of carbonyl (C=O) groups excluding carboxylic acids is 1. The highest BCUT2D eigenvalue weighted by Gasteiger charge is 2.25. The summed E-state index contributed by atoms with van der Waals surface area (Å²) in [6, 6.07) is 5.36. The third kappa shape index (κ3) is 3.05. The van der Waals surface area contributed by atoms with E-state index in [0.717, 1.165) is 18.5 Å². The molecule has 1 aromatic carbocycles. The summed E-state index contributed by atoms with van der Waals surface area (Å²) < 4.78 is 10.7. The topological polar surface area (TPSA) is 54.9 Å². The molecule has 0 saturated carbocycles. The lowest BCUT2D eigenvalue weighted by Crippen LogP contribution is -2.36. The highest BCUT2D eigenvalue weighted by atomic mass is 16.7. The van der Waals surface area contributed by atoms with Crippen LogP contribution in [0.25, 0.3) is 0 Å². The van der Waals surface area contributed by atoms with Gasteiger partial charge in [0, 0.05) is 37.6 Å². The summed E-state index contributed by atoms with van der Waals surface area (Å²) in [7, 11) is 4.11. The highest BCUT2D eigenvalue weighted by molar-refractivity contribution is 5.95. The van der Waals surface area contributed by atoms with Crippen LogP contribution in [0, 0.1) is 0 Å². The first kappa shape index (κ1) is 15.9. The van der Waals surface area contributed by atoms with Gasteiger partial charge in [0.2, 0.25) is 6.79 Å². The van der Waals surface area contributed by atoms with E-state index in [2.05, 4.69) is 24.0 Å². The molecule has 6 heteroatoms. The molecule has 0 saturated heterocycles. The van der Waals surface area contributed by atoms with Gasteiger partial charge in [-0.2, -0.15) is 0 Å². The number of hydrogen-bond acceptors (Lipinski definition) is 5. The SMILES string of the molecule is CN(C)Cc1cncc2c1CCN(C(=O)c1ccc3c(c1)OCO3)C2. The fourth-order valence-electron chi connectivity index (χ4n) is 3.43. The van der Waals surface area contributed by atoms with Crippen molar-refractivity contribution in [1.29, 1.82) is 0 Å². The molecule has 25 heavy (non-hydrogen) atoms. The second-order valence-electron chi connectivity index (χ2n) is 6.72. The average Bonchev–Trinajstić information content (AvgIpc) is 3.08. The summed E-state index contributed by atoms with van der Waals surface area (Å²) in [6.07, 6.45) is 4.68. The Balaban J connectivity index is 1.55. The summed E-state index contributed by atoms with van der Waals surface area (Å²) in [4.78, 5) is 21.3. The molecule has 1 amide bonds. The first-order valence-corrected chi connectivity index (χ1v) is 8.40. The molecule has 6 nitrogen and oxygen atoms in total. The van der Waals surface area contributed by atoms with Crippen LogP contribution in [0.5, 0.6) is 11.5 Å². The second-order valence-corrected chi connectivity index (χ2v) is 6.72. The molecule has 4 rings (SSSR count). The standard InChI is InChI=1S/C19H21N3O3/c1-21(2)10-14-8-20-9-15-11-22(6-5-16(14)15)19(23)13-3-4-17-18(7-13)25-12-24-17/h3-4,7-9H,5-6,10-12H2,1-2H3. The number of nitrogens with zero attached hydrogens (tertiary/aromatic N) is 3. The zero-order valence-electron chi connectivity index (χ0n) is 14.5. The van der Waals surface area contributed by atoms with E-state index in [9.17, 15) is 4.79 Å². The zero-order valence-corrected chi connectivity index (χ0v) is 14.5. The number of pyridine rings is 1. The van der Waals surface area contributed by atoms with Crippen molar-refractivity contribution < 1.29 is 14.3 Å². The Labute approximate surface area is 147 Å². The Morgan fingerprint density at radius 1 is 1.24 bits per heavy atom. The number of benzene rings is 1. The quantitative estimate of drug-likeness (QED) is 0.857. The molecule has 0 fully saturated rings.